The standard InChI is InChI=1S/C19H23N3O2S.ClH/c1-20-10-12-21(13-11-20)19-9-5-6-16-14-22(15-18(16)19)25(23,24)17-7-3-2-4-8-17;/h2-9H,10-15H2,1H3;1H. The van der Waals surface area contributed by atoms with Crippen LogP contribution in [0.2, 0.25) is 0 Å². The van der Waals surface area contributed by atoms with E-state index < -0.39 is 10.0 Å². The Labute approximate surface area is 161 Å². The second kappa shape index (κ2) is 7.56. The van der Waals surface area contributed by atoms with Crippen LogP contribution < -0.4 is 4.90 Å². The van der Waals surface area contributed by atoms with Crippen LogP contribution in [0, 0.1) is 0 Å². The van der Waals surface area contributed by atoms with Crippen LogP contribution in [-0.4, -0.2) is 50.8 Å². The highest BCUT2D eigenvalue weighted by Gasteiger charge is 2.32. The monoisotopic (exact) mass is 393 g/mol. The third-order valence-corrected chi connectivity index (χ3v) is 6.96. The van der Waals surface area contributed by atoms with E-state index in [9.17, 15) is 8.42 Å². The Morgan fingerprint density at radius 1 is 0.846 bits per heavy atom. The van der Waals surface area contributed by atoms with Crippen LogP contribution in [0.5, 0.6) is 0 Å². The number of anilines is 1. The number of halogens is 1. The fourth-order valence-electron chi connectivity index (χ4n) is 3.63. The minimum absolute atomic E-state index is 0. The van der Waals surface area contributed by atoms with Crippen molar-refractivity contribution in [1.29, 1.82) is 0 Å². The normalized spacial score (nSPS) is 18.4. The lowest BCUT2D eigenvalue weighted by molar-refractivity contribution is 0.312. The molecule has 2 aromatic carbocycles. The Morgan fingerprint density at radius 3 is 2.23 bits per heavy atom. The smallest absolute Gasteiger partial charge is 0.243 e. The summed E-state index contributed by atoms with van der Waals surface area (Å²) in [6.07, 6.45) is 0. The first kappa shape index (κ1) is 19.2. The molecule has 2 aliphatic rings. The largest absolute Gasteiger partial charge is 0.369 e. The van der Waals surface area contributed by atoms with Gasteiger partial charge in [-0.2, -0.15) is 4.31 Å². The molecule has 2 heterocycles. The van der Waals surface area contributed by atoms with Gasteiger partial charge in [0.25, 0.3) is 0 Å². The molecule has 5 nitrogen and oxygen atoms in total. The lowest BCUT2D eigenvalue weighted by atomic mass is 10.1. The van der Waals surface area contributed by atoms with Gasteiger partial charge in [-0.05, 0) is 36.4 Å². The van der Waals surface area contributed by atoms with Crippen molar-refractivity contribution in [2.45, 2.75) is 18.0 Å². The summed E-state index contributed by atoms with van der Waals surface area (Å²) in [5.41, 5.74) is 3.47. The van der Waals surface area contributed by atoms with Crippen molar-refractivity contribution in [1.82, 2.24) is 9.21 Å². The first-order valence-electron chi connectivity index (χ1n) is 8.65. The molecule has 7 heteroatoms. The number of likely N-dealkylation sites (N-methyl/N-ethyl adjacent to an activating group) is 1. The number of hydrogen-bond acceptors (Lipinski definition) is 4. The van der Waals surface area contributed by atoms with E-state index in [-0.39, 0.29) is 12.4 Å². The number of fused-ring (bicyclic) bond motifs is 1. The number of hydrogen-bond donors (Lipinski definition) is 0. The predicted molar refractivity (Wildman–Crippen MR) is 106 cm³/mol. The summed E-state index contributed by atoms with van der Waals surface area (Å²) in [6, 6.07) is 14.9. The molecular weight excluding hydrogens is 370 g/mol. The van der Waals surface area contributed by atoms with Gasteiger partial charge < -0.3 is 9.80 Å². The average molecular weight is 394 g/mol. The topological polar surface area (TPSA) is 43.9 Å². The average Bonchev–Trinajstić information content (AvgIpc) is 3.08. The van der Waals surface area contributed by atoms with Gasteiger partial charge in [-0.1, -0.05) is 30.3 Å². The van der Waals surface area contributed by atoms with Crippen LogP contribution in [-0.2, 0) is 23.1 Å². The van der Waals surface area contributed by atoms with Gasteiger partial charge in [0, 0.05) is 45.0 Å². The second-order valence-corrected chi connectivity index (χ2v) is 8.73. The summed E-state index contributed by atoms with van der Waals surface area (Å²) in [7, 11) is -1.32. The molecule has 0 unspecified atom stereocenters. The molecule has 2 aromatic rings. The van der Waals surface area contributed by atoms with Gasteiger partial charge in [-0.15, -0.1) is 12.4 Å². The van der Waals surface area contributed by atoms with Gasteiger partial charge in [-0.3, -0.25) is 0 Å². The number of rotatable bonds is 3. The third-order valence-electron chi connectivity index (χ3n) is 5.15. The summed E-state index contributed by atoms with van der Waals surface area (Å²) in [5, 5.41) is 0. The molecule has 0 spiro atoms. The summed E-state index contributed by atoms with van der Waals surface area (Å²) in [5.74, 6) is 0. The van der Waals surface area contributed by atoms with Crippen LogP contribution in [0.4, 0.5) is 5.69 Å². The zero-order valence-corrected chi connectivity index (χ0v) is 16.5. The van der Waals surface area contributed by atoms with Gasteiger partial charge in [0.2, 0.25) is 10.0 Å². The van der Waals surface area contributed by atoms with Gasteiger partial charge >= 0.3 is 0 Å². The molecular formula is C19H24ClN3O2S. The molecule has 0 amide bonds. The molecule has 0 bridgehead atoms. The molecule has 1 saturated heterocycles. The van der Waals surface area contributed by atoms with E-state index >= 15 is 0 Å². The van der Waals surface area contributed by atoms with Gasteiger partial charge in [0.15, 0.2) is 0 Å². The van der Waals surface area contributed by atoms with Crippen molar-refractivity contribution in [3.63, 3.8) is 0 Å². The quantitative estimate of drug-likeness (QED) is 0.803. The van der Waals surface area contributed by atoms with Crippen molar-refractivity contribution in [3.05, 3.63) is 59.7 Å². The molecule has 0 saturated carbocycles. The molecule has 0 atom stereocenters. The Balaban J connectivity index is 0.00000196. The van der Waals surface area contributed by atoms with Gasteiger partial charge in [0.1, 0.15) is 0 Å². The molecule has 0 N–H and O–H groups in total. The molecule has 26 heavy (non-hydrogen) atoms. The van der Waals surface area contributed by atoms with Crippen molar-refractivity contribution in [2.24, 2.45) is 0 Å². The maximum atomic E-state index is 12.9. The van der Waals surface area contributed by atoms with E-state index in [0.717, 1.165) is 37.3 Å². The van der Waals surface area contributed by atoms with E-state index in [1.54, 1.807) is 28.6 Å². The lowest BCUT2D eigenvalue weighted by Gasteiger charge is -2.35. The van der Waals surface area contributed by atoms with Crippen LogP contribution in [0.3, 0.4) is 0 Å². The van der Waals surface area contributed by atoms with E-state index in [1.807, 2.05) is 12.1 Å². The van der Waals surface area contributed by atoms with E-state index in [1.165, 1.54) is 5.69 Å². The maximum Gasteiger partial charge on any atom is 0.243 e. The molecule has 2 aliphatic heterocycles. The van der Waals surface area contributed by atoms with Crippen LogP contribution in [0.1, 0.15) is 11.1 Å². The molecule has 4 rings (SSSR count). The second-order valence-electron chi connectivity index (χ2n) is 6.79. The Morgan fingerprint density at radius 2 is 1.54 bits per heavy atom. The highest BCUT2D eigenvalue weighted by atomic mass is 35.5. The first-order valence-corrected chi connectivity index (χ1v) is 10.1. The predicted octanol–water partition coefficient (Wildman–Crippen LogP) is 2.56. The van der Waals surface area contributed by atoms with Gasteiger partial charge in [-0.25, -0.2) is 8.42 Å². The first-order chi connectivity index (χ1) is 12.1. The minimum atomic E-state index is -3.46. The summed E-state index contributed by atoms with van der Waals surface area (Å²) >= 11 is 0. The highest BCUT2D eigenvalue weighted by Crippen LogP contribution is 2.35. The third kappa shape index (κ3) is 3.47. The Bertz CT molecular complexity index is 866. The molecule has 140 valence electrons. The SMILES string of the molecule is CN1CCN(c2cccc3c2CN(S(=O)(=O)c2ccccc2)C3)CC1.Cl. The van der Waals surface area contributed by atoms with E-state index in [2.05, 4.69) is 29.0 Å². The molecule has 0 radical (unpaired) electrons. The fourth-order valence-corrected chi connectivity index (χ4v) is 5.04. The molecule has 0 aliphatic carbocycles. The zero-order chi connectivity index (χ0) is 17.4. The van der Waals surface area contributed by atoms with E-state index in [0.29, 0.717) is 18.0 Å². The van der Waals surface area contributed by atoms with Crippen molar-refractivity contribution < 1.29 is 8.42 Å². The Kier molecular flexibility index (Phi) is 5.58. The van der Waals surface area contributed by atoms with Crippen molar-refractivity contribution in [2.75, 3.05) is 38.1 Å². The number of piperazine rings is 1. The summed E-state index contributed by atoms with van der Waals surface area (Å²) in [4.78, 5) is 5.08. The Hall–Kier alpha value is -1.60. The van der Waals surface area contributed by atoms with Crippen LogP contribution >= 0.6 is 12.4 Å². The zero-order valence-electron chi connectivity index (χ0n) is 14.8. The van der Waals surface area contributed by atoms with Crippen LogP contribution in [0.15, 0.2) is 53.4 Å². The van der Waals surface area contributed by atoms with Gasteiger partial charge in [0.05, 0.1) is 4.90 Å². The maximum absolute atomic E-state index is 12.9. The highest BCUT2D eigenvalue weighted by molar-refractivity contribution is 7.89. The number of nitrogens with zero attached hydrogens (tertiary/aromatic N) is 3. The fraction of sp³-hybridized carbons (Fsp3) is 0.368. The van der Waals surface area contributed by atoms with Crippen molar-refractivity contribution >= 4 is 28.1 Å². The number of sulfonamides is 1. The van der Waals surface area contributed by atoms with Crippen LogP contribution in [0.25, 0.3) is 0 Å². The molecule has 0 aromatic heterocycles. The summed E-state index contributed by atoms with van der Waals surface area (Å²) < 4.78 is 27.5. The number of benzene rings is 2. The molecule has 1 fully saturated rings. The summed E-state index contributed by atoms with van der Waals surface area (Å²) in [6.45, 7) is 4.95. The van der Waals surface area contributed by atoms with Crippen molar-refractivity contribution in [3.8, 4) is 0 Å². The van der Waals surface area contributed by atoms with E-state index in [4.69, 9.17) is 0 Å². The minimum Gasteiger partial charge on any atom is -0.369 e. The lowest BCUT2D eigenvalue weighted by Crippen LogP contribution is -2.44.